The van der Waals surface area contributed by atoms with Gasteiger partial charge in [-0.1, -0.05) is 48.5 Å². The number of benzene rings is 2. The second-order valence-electron chi connectivity index (χ2n) is 9.81. The van der Waals surface area contributed by atoms with Crippen LogP contribution in [0, 0.1) is 5.41 Å². The van der Waals surface area contributed by atoms with Crippen molar-refractivity contribution in [2.75, 3.05) is 33.4 Å². The summed E-state index contributed by atoms with van der Waals surface area (Å²) in [6.45, 7) is 6.85. The Morgan fingerprint density at radius 1 is 0.971 bits per heavy atom. The zero-order valence-corrected chi connectivity index (χ0v) is 21.0. The quantitative estimate of drug-likeness (QED) is 0.532. The van der Waals surface area contributed by atoms with E-state index < -0.39 is 35.5 Å². The van der Waals surface area contributed by atoms with Gasteiger partial charge in [0.15, 0.2) is 0 Å². The monoisotopic (exact) mass is 482 g/mol. The molecular formula is C27H34N2O6. The molecule has 0 radical (unpaired) electrons. The Balaban J connectivity index is 1.70. The Morgan fingerprint density at radius 2 is 1.51 bits per heavy atom. The second-order valence-corrected chi connectivity index (χ2v) is 9.81. The third-order valence-electron chi connectivity index (χ3n) is 7.03. The van der Waals surface area contributed by atoms with Gasteiger partial charge in [-0.05, 0) is 49.9 Å². The lowest BCUT2D eigenvalue weighted by Gasteiger charge is -2.43. The van der Waals surface area contributed by atoms with Crippen LogP contribution >= 0.6 is 0 Å². The van der Waals surface area contributed by atoms with Gasteiger partial charge in [0.05, 0.1) is 17.6 Å². The minimum atomic E-state index is -1.12. The molecule has 1 aliphatic carbocycles. The second kappa shape index (κ2) is 10.5. The predicted molar refractivity (Wildman–Crippen MR) is 132 cm³/mol. The maximum absolute atomic E-state index is 13.3. The van der Waals surface area contributed by atoms with Crippen LogP contribution in [0.5, 0.6) is 0 Å². The Bertz CT molecular complexity index is 1050. The molecule has 0 heterocycles. The number of carboxylic acids is 1. The van der Waals surface area contributed by atoms with E-state index in [1.54, 1.807) is 27.7 Å². The molecule has 0 aromatic heterocycles. The lowest BCUT2D eigenvalue weighted by Crippen LogP contribution is -2.61. The van der Waals surface area contributed by atoms with Gasteiger partial charge in [-0.15, -0.1) is 0 Å². The standard InChI is InChI=1S/C27H34N2O6/c1-26(2,24(32)29(14-15-34-5)16-23(30)31)27(3,4)28-25(33)35-17-22-20-12-8-6-10-18(20)19-11-7-9-13-21(19)22/h6-13,22H,14-17H2,1-5H3,(H,28,33)(H,30,31). The van der Waals surface area contributed by atoms with E-state index in [0.717, 1.165) is 22.3 Å². The molecule has 2 N–H and O–H groups in total. The molecule has 8 nitrogen and oxygen atoms in total. The fourth-order valence-corrected chi connectivity index (χ4v) is 4.33. The molecule has 0 spiro atoms. The first-order chi connectivity index (χ1) is 16.5. The molecule has 2 aromatic carbocycles. The highest BCUT2D eigenvalue weighted by molar-refractivity contribution is 5.87. The van der Waals surface area contributed by atoms with Gasteiger partial charge in [-0.2, -0.15) is 0 Å². The number of carbonyl (C=O) groups is 3. The molecule has 0 unspecified atom stereocenters. The Kier molecular flexibility index (Phi) is 7.85. The molecule has 0 bridgehead atoms. The minimum absolute atomic E-state index is 0.0778. The number of alkyl carbamates (subject to hydrolysis) is 1. The van der Waals surface area contributed by atoms with Crippen molar-refractivity contribution in [3.8, 4) is 11.1 Å². The zero-order valence-electron chi connectivity index (χ0n) is 21.0. The van der Waals surface area contributed by atoms with Crippen LogP contribution in [-0.2, 0) is 19.1 Å². The molecule has 188 valence electrons. The molecule has 35 heavy (non-hydrogen) atoms. The highest BCUT2D eigenvalue weighted by Crippen LogP contribution is 2.44. The summed E-state index contributed by atoms with van der Waals surface area (Å²) >= 11 is 0. The summed E-state index contributed by atoms with van der Waals surface area (Å²) < 4.78 is 10.7. The molecule has 0 saturated carbocycles. The highest BCUT2D eigenvalue weighted by Gasteiger charge is 2.47. The number of aliphatic carboxylic acids is 1. The predicted octanol–water partition coefficient (Wildman–Crippen LogP) is 3.89. The van der Waals surface area contributed by atoms with E-state index in [4.69, 9.17) is 9.47 Å². The van der Waals surface area contributed by atoms with E-state index in [1.807, 2.05) is 36.4 Å². The number of hydrogen-bond donors (Lipinski definition) is 2. The summed E-state index contributed by atoms with van der Waals surface area (Å²) in [5, 5.41) is 12.1. The van der Waals surface area contributed by atoms with Gasteiger partial charge in [-0.25, -0.2) is 4.79 Å². The van der Waals surface area contributed by atoms with Crippen LogP contribution in [0.1, 0.15) is 44.7 Å². The molecule has 2 aromatic rings. The molecule has 0 aliphatic heterocycles. The Hall–Kier alpha value is -3.39. The van der Waals surface area contributed by atoms with Gasteiger partial charge in [0.1, 0.15) is 13.2 Å². The summed E-state index contributed by atoms with van der Waals surface area (Å²) in [6.07, 6.45) is -0.639. The number of carboxylic acid groups (broad SMARTS) is 1. The Morgan fingerprint density at radius 3 is 2.03 bits per heavy atom. The smallest absolute Gasteiger partial charge is 0.407 e. The SMILES string of the molecule is COCCN(CC(=O)O)C(=O)C(C)(C)C(C)(C)NC(=O)OCC1c2ccccc2-c2ccccc21. The summed E-state index contributed by atoms with van der Waals surface area (Å²) in [5.74, 6) is -1.60. The van der Waals surface area contributed by atoms with E-state index >= 15 is 0 Å². The number of carbonyl (C=O) groups excluding carboxylic acids is 2. The number of ether oxygens (including phenoxy) is 2. The van der Waals surface area contributed by atoms with Crippen LogP contribution in [0.3, 0.4) is 0 Å². The van der Waals surface area contributed by atoms with Crippen molar-refractivity contribution in [2.24, 2.45) is 5.41 Å². The van der Waals surface area contributed by atoms with Gasteiger partial charge < -0.3 is 24.8 Å². The van der Waals surface area contributed by atoms with Crippen LogP contribution in [0.25, 0.3) is 11.1 Å². The first kappa shape index (κ1) is 26.2. The maximum Gasteiger partial charge on any atom is 0.407 e. The lowest BCUT2D eigenvalue weighted by molar-refractivity contribution is -0.152. The molecular weight excluding hydrogens is 448 g/mol. The van der Waals surface area contributed by atoms with Crippen LogP contribution < -0.4 is 5.32 Å². The van der Waals surface area contributed by atoms with Gasteiger partial charge in [-0.3, -0.25) is 9.59 Å². The lowest BCUT2D eigenvalue weighted by atomic mass is 9.73. The van der Waals surface area contributed by atoms with Crippen molar-refractivity contribution < 1.29 is 29.0 Å². The average molecular weight is 483 g/mol. The van der Waals surface area contributed by atoms with Crippen LogP contribution in [-0.4, -0.2) is 66.9 Å². The first-order valence-corrected chi connectivity index (χ1v) is 11.6. The van der Waals surface area contributed by atoms with E-state index in [0.29, 0.717) is 0 Å². The zero-order chi connectivity index (χ0) is 25.8. The fourth-order valence-electron chi connectivity index (χ4n) is 4.33. The van der Waals surface area contributed by atoms with E-state index in [9.17, 15) is 19.5 Å². The number of methoxy groups -OCH3 is 1. The number of nitrogens with one attached hydrogen (secondary N) is 1. The van der Waals surface area contributed by atoms with Crippen molar-refractivity contribution in [2.45, 2.75) is 39.2 Å². The normalized spacial score (nSPS) is 13.1. The summed E-state index contributed by atoms with van der Waals surface area (Å²) in [6, 6.07) is 16.2. The van der Waals surface area contributed by atoms with Crippen LogP contribution in [0.2, 0.25) is 0 Å². The van der Waals surface area contributed by atoms with Crippen molar-refractivity contribution >= 4 is 18.0 Å². The van der Waals surface area contributed by atoms with Crippen molar-refractivity contribution in [1.29, 1.82) is 0 Å². The molecule has 2 amide bonds. The van der Waals surface area contributed by atoms with Gasteiger partial charge in [0.2, 0.25) is 5.91 Å². The summed E-state index contributed by atoms with van der Waals surface area (Å²) in [7, 11) is 1.48. The minimum Gasteiger partial charge on any atom is -0.480 e. The number of amides is 2. The van der Waals surface area contributed by atoms with Crippen molar-refractivity contribution in [1.82, 2.24) is 10.2 Å². The van der Waals surface area contributed by atoms with Crippen LogP contribution in [0.15, 0.2) is 48.5 Å². The number of nitrogens with zero attached hydrogens (tertiary/aromatic N) is 1. The molecule has 0 atom stereocenters. The van der Waals surface area contributed by atoms with Crippen LogP contribution in [0.4, 0.5) is 4.79 Å². The van der Waals surface area contributed by atoms with Crippen molar-refractivity contribution in [3.05, 3.63) is 59.7 Å². The maximum atomic E-state index is 13.3. The van der Waals surface area contributed by atoms with Gasteiger partial charge >= 0.3 is 12.1 Å². The van der Waals surface area contributed by atoms with E-state index in [-0.39, 0.29) is 25.7 Å². The molecule has 3 rings (SSSR count). The topological polar surface area (TPSA) is 105 Å². The van der Waals surface area contributed by atoms with Gasteiger partial charge in [0, 0.05) is 19.6 Å². The van der Waals surface area contributed by atoms with E-state index in [2.05, 4.69) is 17.4 Å². The Labute approximate surface area is 206 Å². The number of fused-ring (bicyclic) bond motifs is 3. The molecule has 1 aliphatic rings. The molecule has 0 saturated heterocycles. The summed E-state index contributed by atoms with van der Waals surface area (Å²) in [5.41, 5.74) is 2.34. The molecule has 0 fully saturated rings. The number of hydrogen-bond acceptors (Lipinski definition) is 5. The average Bonchev–Trinajstić information content (AvgIpc) is 3.13. The first-order valence-electron chi connectivity index (χ1n) is 11.6. The highest BCUT2D eigenvalue weighted by atomic mass is 16.5. The van der Waals surface area contributed by atoms with Crippen molar-refractivity contribution in [3.63, 3.8) is 0 Å². The largest absolute Gasteiger partial charge is 0.480 e. The number of rotatable bonds is 10. The van der Waals surface area contributed by atoms with E-state index in [1.165, 1.54) is 12.0 Å². The summed E-state index contributed by atoms with van der Waals surface area (Å²) in [4.78, 5) is 38.7. The molecule has 8 heteroatoms. The third-order valence-corrected chi connectivity index (χ3v) is 7.03. The fraction of sp³-hybridized carbons (Fsp3) is 0.444. The van der Waals surface area contributed by atoms with Gasteiger partial charge in [0.25, 0.3) is 0 Å². The third kappa shape index (κ3) is 5.48.